The molecule has 0 bridgehead atoms. The van der Waals surface area contributed by atoms with Crippen LogP contribution < -0.4 is 5.32 Å². The second-order valence-corrected chi connectivity index (χ2v) is 5.84. The minimum absolute atomic E-state index is 0.195. The number of hydrogen-bond donors (Lipinski definition) is 1. The van der Waals surface area contributed by atoms with E-state index >= 15 is 0 Å². The van der Waals surface area contributed by atoms with E-state index in [9.17, 15) is 0 Å². The maximum Gasteiger partial charge on any atom is 0.0506 e. The molecule has 0 amide bonds. The average Bonchev–Trinajstić information content (AvgIpc) is 2.32. The molecule has 0 saturated carbocycles. The number of rotatable bonds is 3. The number of benzene rings is 1. The van der Waals surface area contributed by atoms with Crippen LogP contribution in [0.4, 0.5) is 5.69 Å². The van der Waals surface area contributed by atoms with E-state index < -0.39 is 0 Å². The molecule has 1 heterocycles. The first-order valence-corrected chi connectivity index (χ1v) is 7.23. The summed E-state index contributed by atoms with van der Waals surface area (Å²) in [6.45, 7) is 10.5. The van der Waals surface area contributed by atoms with Gasteiger partial charge in [-0.25, -0.2) is 0 Å². The van der Waals surface area contributed by atoms with E-state index in [0.717, 1.165) is 22.1 Å². The quantitative estimate of drug-likeness (QED) is 0.845. The Balaban J connectivity index is 2.33. The highest BCUT2D eigenvalue weighted by Crippen LogP contribution is 2.28. The molecule has 1 unspecified atom stereocenters. The fourth-order valence-electron chi connectivity index (χ4n) is 2.74. The van der Waals surface area contributed by atoms with Crippen LogP contribution in [0.25, 0.3) is 0 Å². The molecule has 0 radical (unpaired) electrons. The molecule has 0 saturated heterocycles. The third kappa shape index (κ3) is 3.13. The number of nitrogens with zero attached hydrogens (tertiary/aromatic N) is 1. The largest absolute Gasteiger partial charge is 0.378 e. The summed E-state index contributed by atoms with van der Waals surface area (Å²) in [6.07, 6.45) is 0. The van der Waals surface area contributed by atoms with Crippen LogP contribution in [-0.4, -0.2) is 4.98 Å². The van der Waals surface area contributed by atoms with Gasteiger partial charge < -0.3 is 5.32 Å². The zero-order valence-electron chi connectivity index (χ0n) is 12.7. The number of hydrogen-bond acceptors (Lipinski definition) is 2. The van der Waals surface area contributed by atoms with Crippen molar-refractivity contribution in [3.05, 3.63) is 57.4 Å². The SMILES string of the molecule is Cc1cc(C)c(C(C)Nc2cc(Cl)ccc2C)c(C)n1. The zero-order chi connectivity index (χ0) is 14.9. The maximum atomic E-state index is 6.08. The van der Waals surface area contributed by atoms with E-state index in [0.29, 0.717) is 0 Å². The lowest BCUT2D eigenvalue weighted by Crippen LogP contribution is -2.12. The first-order chi connectivity index (χ1) is 9.38. The Morgan fingerprint density at radius 2 is 1.75 bits per heavy atom. The Morgan fingerprint density at radius 3 is 2.40 bits per heavy atom. The molecule has 2 nitrogen and oxygen atoms in total. The molecule has 0 spiro atoms. The molecule has 106 valence electrons. The lowest BCUT2D eigenvalue weighted by atomic mass is 10.00. The van der Waals surface area contributed by atoms with Gasteiger partial charge in [0.1, 0.15) is 0 Å². The van der Waals surface area contributed by atoms with Gasteiger partial charge in [0.15, 0.2) is 0 Å². The standard InChI is InChI=1S/C17H21ClN2/c1-10-6-7-15(18)9-16(10)20-14(5)17-11(2)8-12(3)19-13(17)4/h6-9,14,20H,1-5H3. The van der Waals surface area contributed by atoms with E-state index in [-0.39, 0.29) is 6.04 Å². The van der Waals surface area contributed by atoms with Crippen molar-refractivity contribution in [2.24, 2.45) is 0 Å². The Labute approximate surface area is 126 Å². The topological polar surface area (TPSA) is 24.9 Å². The third-order valence-electron chi connectivity index (χ3n) is 3.59. The zero-order valence-corrected chi connectivity index (χ0v) is 13.5. The van der Waals surface area contributed by atoms with Crippen LogP contribution in [-0.2, 0) is 0 Å². The molecule has 0 aliphatic carbocycles. The summed E-state index contributed by atoms with van der Waals surface area (Å²) in [5.41, 5.74) is 6.95. The first-order valence-electron chi connectivity index (χ1n) is 6.86. The smallest absolute Gasteiger partial charge is 0.0506 e. The molecule has 2 aromatic rings. The lowest BCUT2D eigenvalue weighted by Gasteiger charge is -2.21. The second kappa shape index (κ2) is 5.84. The summed E-state index contributed by atoms with van der Waals surface area (Å²) in [4.78, 5) is 4.57. The van der Waals surface area contributed by atoms with Crippen molar-refractivity contribution in [1.82, 2.24) is 4.98 Å². The van der Waals surface area contributed by atoms with E-state index in [1.807, 2.05) is 25.1 Å². The monoisotopic (exact) mass is 288 g/mol. The van der Waals surface area contributed by atoms with Gasteiger partial charge in [-0.15, -0.1) is 0 Å². The molecule has 2 rings (SSSR count). The van der Waals surface area contributed by atoms with Crippen LogP contribution in [0, 0.1) is 27.7 Å². The summed E-state index contributed by atoms with van der Waals surface area (Å²) in [5, 5.41) is 4.29. The predicted molar refractivity (Wildman–Crippen MR) is 86.7 cm³/mol. The number of pyridine rings is 1. The summed E-state index contributed by atoms with van der Waals surface area (Å²) in [6, 6.07) is 8.24. The Kier molecular flexibility index (Phi) is 4.34. The molecule has 0 aliphatic rings. The first kappa shape index (κ1) is 14.9. The maximum absolute atomic E-state index is 6.08. The van der Waals surface area contributed by atoms with Crippen molar-refractivity contribution < 1.29 is 0 Å². The molecule has 20 heavy (non-hydrogen) atoms. The lowest BCUT2D eigenvalue weighted by molar-refractivity contribution is 0.841. The molecule has 0 aliphatic heterocycles. The van der Waals surface area contributed by atoms with Gasteiger partial charge in [0.05, 0.1) is 6.04 Å². The van der Waals surface area contributed by atoms with Crippen LogP contribution in [0.2, 0.25) is 5.02 Å². The highest BCUT2D eigenvalue weighted by atomic mass is 35.5. The van der Waals surface area contributed by atoms with E-state index in [4.69, 9.17) is 11.6 Å². The van der Waals surface area contributed by atoms with Gasteiger partial charge in [-0.1, -0.05) is 17.7 Å². The van der Waals surface area contributed by atoms with Crippen molar-refractivity contribution in [1.29, 1.82) is 0 Å². The van der Waals surface area contributed by atoms with Crippen LogP contribution in [0.15, 0.2) is 24.3 Å². The van der Waals surface area contributed by atoms with Gasteiger partial charge in [-0.3, -0.25) is 4.98 Å². The highest BCUT2D eigenvalue weighted by molar-refractivity contribution is 6.30. The molecule has 1 N–H and O–H groups in total. The van der Waals surface area contributed by atoms with Crippen LogP contribution in [0.5, 0.6) is 0 Å². The summed E-state index contributed by atoms with van der Waals surface area (Å²) in [7, 11) is 0. The predicted octanol–water partition coefficient (Wildman–Crippen LogP) is 5.14. The van der Waals surface area contributed by atoms with E-state index in [1.165, 1.54) is 16.7 Å². The molecular formula is C17H21ClN2. The van der Waals surface area contributed by atoms with Gasteiger partial charge in [-0.2, -0.15) is 0 Å². The normalized spacial score (nSPS) is 12.3. The molecule has 3 heteroatoms. The van der Waals surface area contributed by atoms with Crippen molar-refractivity contribution in [3.8, 4) is 0 Å². The summed E-state index contributed by atoms with van der Waals surface area (Å²) < 4.78 is 0. The molecule has 1 aromatic heterocycles. The number of anilines is 1. The molecular weight excluding hydrogens is 268 g/mol. The van der Waals surface area contributed by atoms with Crippen LogP contribution in [0.3, 0.4) is 0 Å². The van der Waals surface area contributed by atoms with Crippen molar-refractivity contribution in [2.45, 2.75) is 40.7 Å². The minimum Gasteiger partial charge on any atom is -0.378 e. The Bertz CT molecular complexity index is 612. The summed E-state index contributed by atoms with van der Waals surface area (Å²) >= 11 is 6.08. The molecule has 1 atom stereocenters. The number of aromatic nitrogens is 1. The van der Waals surface area contributed by atoms with Gasteiger partial charge >= 0.3 is 0 Å². The number of aryl methyl sites for hydroxylation is 4. The van der Waals surface area contributed by atoms with Gasteiger partial charge in [0.2, 0.25) is 0 Å². The van der Waals surface area contributed by atoms with Crippen LogP contribution >= 0.6 is 11.6 Å². The summed E-state index contributed by atoms with van der Waals surface area (Å²) in [5.74, 6) is 0. The van der Waals surface area contributed by atoms with Gasteiger partial charge in [0.25, 0.3) is 0 Å². The fourth-order valence-corrected chi connectivity index (χ4v) is 2.92. The number of nitrogens with one attached hydrogen (secondary N) is 1. The van der Waals surface area contributed by atoms with Crippen LogP contribution in [0.1, 0.15) is 41.0 Å². The number of halogens is 1. The highest BCUT2D eigenvalue weighted by Gasteiger charge is 2.14. The van der Waals surface area contributed by atoms with E-state index in [1.54, 1.807) is 0 Å². The van der Waals surface area contributed by atoms with Crippen molar-refractivity contribution >= 4 is 17.3 Å². The second-order valence-electron chi connectivity index (χ2n) is 5.40. The Hall–Kier alpha value is -1.54. The van der Waals surface area contributed by atoms with Crippen molar-refractivity contribution in [2.75, 3.05) is 5.32 Å². The minimum atomic E-state index is 0.195. The fraction of sp³-hybridized carbons (Fsp3) is 0.353. The molecule has 0 fully saturated rings. The third-order valence-corrected chi connectivity index (χ3v) is 3.82. The van der Waals surface area contributed by atoms with Gasteiger partial charge in [0, 0.05) is 22.1 Å². The van der Waals surface area contributed by atoms with E-state index in [2.05, 4.69) is 44.1 Å². The molecule has 1 aromatic carbocycles. The van der Waals surface area contributed by atoms with Gasteiger partial charge in [-0.05, 0) is 69.5 Å². The Morgan fingerprint density at radius 1 is 1.05 bits per heavy atom. The average molecular weight is 289 g/mol. The van der Waals surface area contributed by atoms with Crippen molar-refractivity contribution in [3.63, 3.8) is 0 Å².